The molecule has 0 amide bonds. The molecule has 0 aliphatic heterocycles. The molecular weight excluding hydrogens is 191 g/mol. The quantitative estimate of drug-likeness (QED) is 0.519. The molecule has 4 N–H and O–H groups in total. The van der Waals surface area contributed by atoms with Gasteiger partial charge in [0.05, 0.1) is 7.11 Å². The first-order valence-corrected chi connectivity index (χ1v) is 4.84. The van der Waals surface area contributed by atoms with Crippen LogP contribution in [-0.4, -0.2) is 25.3 Å². The van der Waals surface area contributed by atoms with E-state index in [2.05, 4.69) is 26.3 Å². The number of hydrogen-bond acceptors (Lipinski definition) is 1. The van der Waals surface area contributed by atoms with Crippen molar-refractivity contribution in [1.29, 1.82) is 0 Å². The maximum Gasteiger partial charge on any atom is 0.151 e. The van der Waals surface area contributed by atoms with Crippen molar-refractivity contribution in [2.45, 2.75) is 26.1 Å². The van der Waals surface area contributed by atoms with E-state index in [9.17, 15) is 0 Å². The fraction of sp³-hybridized carbons (Fsp3) is 0.455. The molecule has 0 atom stereocenters. The predicted molar refractivity (Wildman–Crippen MR) is 65.3 cm³/mol. The highest BCUT2D eigenvalue weighted by atomic mass is 16.5. The van der Waals surface area contributed by atoms with Crippen LogP contribution < -0.4 is 10.2 Å². The second kappa shape index (κ2) is 9.56. The average molecular weight is 211 g/mol. The lowest BCUT2D eigenvalue weighted by molar-refractivity contribution is 0.415. The highest BCUT2D eigenvalue weighted by molar-refractivity contribution is 6.53. The molecule has 0 aliphatic rings. The summed E-state index contributed by atoms with van der Waals surface area (Å²) < 4.78 is 5.08. The van der Waals surface area contributed by atoms with Crippen molar-refractivity contribution in [2.24, 2.45) is 0 Å². The molecule has 85 valence electrons. The van der Waals surface area contributed by atoms with E-state index < -0.39 is 0 Å². The zero-order chi connectivity index (χ0) is 9.52. The fourth-order valence-electron chi connectivity index (χ4n) is 1.21. The number of unbranched alkanes of at least 4 members (excludes halogenated alkanes) is 1. The Balaban J connectivity index is 0. The minimum absolute atomic E-state index is 0. The second-order valence-corrected chi connectivity index (χ2v) is 3.12. The Morgan fingerprint density at radius 3 is 2.20 bits per heavy atom. The molecule has 0 bridgehead atoms. The van der Waals surface area contributed by atoms with Gasteiger partial charge in [0.15, 0.2) is 7.28 Å². The minimum Gasteiger partial charge on any atom is -0.497 e. The summed E-state index contributed by atoms with van der Waals surface area (Å²) in [5, 5.41) is 0. The molecule has 0 spiro atoms. The number of rotatable bonds is 5. The summed E-state index contributed by atoms with van der Waals surface area (Å²) in [5.74, 6) is 0.924. The van der Waals surface area contributed by atoms with E-state index in [0.717, 1.165) is 5.75 Å². The van der Waals surface area contributed by atoms with Gasteiger partial charge in [-0.1, -0.05) is 43.7 Å². The van der Waals surface area contributed by atoms with Crippen LogP contribution in [0.25, 0.3) is 0 Å². The van der Waals surface area contributed by atoms with Gasteiger partial charge in [-0.15, -0.1) is 0 Å². The number of hydrogen-bond donors (Lipinski definition) is 0. The lowest BCUT2D eigenvalue weighted by atomic mass is 9.66. The van der Waals surface area contributed by atoms with Crippen molar-refractivity contribution in [3.05, 3.63) is 24.3 Å². The fourth-order valence-corrected chi connectivity index (χ4v) is 1.21. The van der Waals surface area contributed by atoms with Crippen LogP contribution in [0.5, 0.6) is 5.75 Å². The maximum absolute atomic E-state index is 5.08. The molecule has 0 heterocycles. The van der Waals surface area contributed by atoms with Gasteiger partial charge in [-0.3, -0.25) is 0 Å². The van der Waals surface area contributed by atoms with Gasteiger partial charge in [0.25, 0.3) is 0 Å². The summed E-state index contributed by atoms with van der Waals surface area (Å²) in [4.78, 5) is 0. The molecule has 1 radical (unpaired) electrons. The zero-order valence-corrected chi connectivity index (χ0v) is 9.42. The van der Waals surface area contributed by atoms with Gasteiger partial charge < -0.3 is 15.7 Å². The third-order valence-corrected chi connectivity index (χ3v) is 2.05. The first-order chi connectivity index (χ1) is 6.36. The standard InChI is InChI=1S/C11H16BO.2H2O/c1-3-4-9-12-10-5-7-11(13-2)8-6-10;;/h5-8H,3-4,9H2,1-2H3;2*1H2. The molecule has 0 unspecified atom stereocenters. The van der Waals surface area contributed by atoms with Gasteiger partial charge in [0.2, 0.25) is 0 Å². The molecule has 0 aliphatic carbocycles. The normalized spacial score (nSPS) is 8.40. The van der Waals surface area contributed by atoms with Crippen LogP contribution in [0.3, 0.4) is 0 Å². The molecule has 0 saturated heterocycles. The van der Waals surface area contributed by atoms with Crippen molar-refractivity contribution < 1.29 is 15.7 Å². The van der Waals surface area contributed by atoms with Crippen LogP contribution in [0, 0.1) is 0 Å². The molecule has 0 fully saturated rings. The van der Waals surface area contributed by atoms with Gasteiger partial charge in [0.1, 0.15) is 5.75 Å². The Bertz CT molecular complexity index is 236. The Labute approximate surface area is 92.3 Å². The van der Waals surface area contributed by atoms with Crippen LogP contribution in [0.15, 0.2) is 24.3 Å². The van der Waals surface area contributed by atoms with Gasteiger partial charge in [-0.2, -0.15) is 0 Å². The van der Waals surface area contributed by atoms with Crippen molar-refractivity contribution in [3.63, 3.8) is 0 Å². The Kier molecular flexibility index (Phi) is 10.5. The Hall–Kier alpha value is -0.995. The van der Waals surface area contributed by atoms with Crippen molar-refractivity contribution in [1.82, 2.24) is 0 Å². The molecule has 4 heteroatoms. The molecule has 1 aromatic carbocycles. The zero-order valence-electron chi connectivity index (χ0n) is 9.42. The Morgan fingerprint density at radius 2 is 1.73 bits per heavy atom. The number of methoxy groups -OCH3 is 1. The first kappa shape index (κ1) is 16.4. The summed E-state index contributed by atoms with van der Waals surface area (Å²) in [7, 11) is 3.96. The highest BCUT2D eigenvalue weighted by Crippen LogP contribution is 2.05. The summed E-state index contributed by atoms with van der Waals surface area (Å²) in [5.41, 5.74) is 1.29. The minimum atomic E-state index is 0. The van der Waals surface area contributed by atoms with Crippen molar-refractivity contribution >= 4 is 12.7 Å². The summed E-state index contributed by atoms with van der Waals surface area (Å²) in [6.07, 6.45) is 3.70. The highest BCUT2D eigenvalue weighted by Gasteiger charge is 1.95. The smallest absolute Gasteiger partial charge is 0.151 e. The van der Waals surface area contributed by atoms with Crippen LogP contribution >= 0.6 is 0 Å². The van der Waals surface area contributed by atoms with Gasteiger partial charge in [-0.05, 0) is 12.1 Å². The first-order valence-electron chi connectivity index (χ1n) is 4.84. The second-order valence-electron chi connectivity index (χ2n) is 3.12. The van der Waals surface area contributed by atoms with Gasteiger partial charge in [-0.25, -0.2) is 0 Å². The van der Waals surface area contributed by atoms with Gasteiger partial charge in [0, 0.05) is 0 Å². The topological polar surface area (TPSA) is 72.2 Å². The SMILES string of the molecule is CCCC[B]c1ccc(OC)cc1.O.O. The lowest BCUT2D eigenvalue weighted by Crippen LogP contribution is -2.12. The molecular formula is C11H20BO3. The number of ether oxygens (including phenoxy) is 1. The van der Waals surface area contributed by atoms with Crippen molar-refractivity contribution in [3.8, 4) is 5.75 Å². The molecule has 0 aromatic heterocycles. The van der Waals surface area contributed by atoms with Crippen molar-refractivity contribution in [2.75, 3.05) is 7.11 Å². The van der Waals surface area contributed by atoms with E-state index in [-0.39, 0.29) is 11.0 Å². The average Bonchev–Trinajstić information content (AvgIpc) is 2.19. The molecule has 1 rings (SSSR count). The third kappa shape index (κ3) is 6.15. The summed E-state index contributed by atoms with van der Waals surface area (Å²) in [6, 6.07) is 8.18. The summed E-state index contributed by atoms with van der Waals surface area (Å²) >= 11 is 0. The van der Waals surface area contributed by atoms with Gasteiger partial charge >= 0.3 is 0 Å². The van der Waals surface area contributed by atoms with E-state index in [0.29, 0.717) is 0 Å². The van der Waals surface area contributed by atoms with E-state index >= 15 is 0 Å². The van der Waals surface area contributed by atoms with Crippen LogP contribution in [0.4, 0.5) is 0 Å². The third-order valence-electron chi connectivity index (χ3n) is 2.05. The monoisotopic (exact) mass is 211 g/mol. The van der Waals surface area contributed by atoms with Crippen LogP contribution in [0.2, 0.25) is 6.32 Å². The van der Waals surface area contributed by atoms with E-state index in [1.807, 2.05) is 12.1 Å². The summed E-state index contributed by atoms with van der Waals surface area (Å²) in [6.45, 7) is 2.21. The molecule has 15 heavy (non-hydrogen) atoms. The van der Waals surface area contributed by atoms with E-state index in [1.165, 1.54) is 24.6 Å². The van der Waals surface area contributed by atoms with E-state index in [4.69, 9.17) is 4.74 Å². The molecule has 3 nitrogen and oxygen atoms in total. The largest absolute Gasteiger partial charge is 0.497 e. The maximum atomic E-state index is 5.08. The molecule has 0 saturated carbocycles. The van der Waals surface area contributed by atoms with Crippen LogP contribution in [-0.2, 0) is 0 Å². The van der Waals surface area contributed by atoms with E-state index in [1.54, 1.807) is 7.11 Å². The van der Waals surface area contributed by atoms with Crippen LogP contribution in [0.1, 0.15) is 19.8 Å². The lowest BCUT2D eigenvalue weighted by Gasteiger charge is -2.01. The predicted octanol–water partition coefficient (Wildman–Crippen LogP) is 0.594. The Morgan fingerprint density at radius 1 is 1.13 bits per heavy atom. The molecule has 1 aromatic rings. The number of benzene rings is 1.